The molecule has 1 N–H and O–H groups in total. The smallest absolute Gasteiger partial charge is 0.330 e. The topological polar surface area (TPSA) is 91.1 Å². The van der Waals surface area contributed by atoms with E-state index in [4.69, 9.17) is 14.5 Å². The highest BCUT2D eigenvalue weighted by molar-refractivity contribution is 5.77. The van der Waals surface area contributed by atoms with Crippen LogP contribution in [0.1, 0.15) is 18.4 Å². The molecular formula is C24H24N4O4. The van der Waals surface area contributed by atoms with E-state index in [1.807, 2.05) is 59.2 Å². The van der Waals surface area contributed by atoms with E-state index in [0.717, 1.165) is 29.7 Å². The van der Waals surface area contributed by atoms with Crippen LogP contribution >= 0.6 is 0 Å². The van der Waals surface area contributed by atoms with Crippen LogP contribution in [0, 0.1) is 0 Å². The van der Waals surface area contributed by atoms with Crippen LogP contribution in [0.2, 0.25) is 0 Å². The monoisotopic (exact) mass is 432 g/mol. The zero-order chi connectivity index (χ0) is 22.1. The summed E-state index contributed by atoms with van der Waals surface area (Å²) in [6.07, 6.45) is 1.91. The number of hydrogen-bond donors (Lipinski definition) is 1. The van der Waals surface area contributed by atoms with Crippen molar-refractivity contribution in [3.05, 3.63) is 81.0 Å². The first-order chi connectivity index (χ1) is 15.6. The van der Waals surface area contributed by atoms with Gasteiger partial charge in [0, 0.05) is 12.2 Å². The Labute approximate surface area is 184 Å². The standard InChI is InChI=1S/C24H24N4O4/c1-31-18-11-9-17(10-12-18)21-25-22-20(27(21)15-19-8-5-13-32-19)23(29)26-24(30)28(22)14-16-6-3-2-4-7-16/h2-4,6-7,9-12,19H,5,8,13-15H2,1H3,(H,26,29,30). The molecule has 1 saturated heterocycles. The van der Waals surface area contributed by atoms with Crippen LogP contribution in [0.4, 0.5) is 0 Å². The van der Waals surface area contributed by atoms with Crippen LogP contribution in [0.5, 0.6) is 5.75 Å². The maximum absolute atomic E-state index is 13.0. The molecule has 0 amide bonds. The minimum absolute atomic E-state index is 0.00157. The Morgan fingerprint density at radius 1 is 1.09 bits per heavy atom. The van der Waals surface area contributed by atoms with E-state index in [9.17, 15) is 9.59 Å². The van der Waals surface area contributed by atoms with Crippen LogP contribution in [0.15, 0.2) is 64.2 Å². The van der Waals surface area contributed by atoms with Crippen LogP contribution in [0.25, 0.3) is 22.6 Å². The second kappa shape index (κ2) is 8.47. The van der Waals surface area contributed by atoms with Crippen molar-refractivity contribution < 1.29 is 9.47 Å². The Morgan fingerprint density at radius 3 is 2.56 bits per heavy atom. The van der Waals surface area contributed by atoms with Gasteiger partial charge in [-0.3, -0.25) is 14.3 Å². The van der Waals surface area contributed by atoms with Crippen molar-refractivity contribution in [3.63, 3.8) is 0 Å². The number of aromatic amines is 1. The van der Waals surface area contributed by atoms with Gasteiger partial charge in [-0.25, -0.2) is 9.78 Å². The Morgan fingerprint density at radius 2 is 1.88 bits per heavy atom. The van der Waals surface area contributed by atoms with Gasteiger partial charge < -0.3 is 14.0 Å². The van der Waals surface area contributed by atoms with Crippen molar-refractivity contribution in [3.8, 4) is 17.1 Å². The third-order valence-corrected chi connectivity index (χ3v) is 5.83. The van der Waals surface area contributed by atoms with E-state index in [-0.39, 0.29) is 6.10 Å². The number of rotatable bonds is 6. The van der Waals surface area contributed by atoms with Crippen molar-refractivity contribution in [2.45, 2.75) is 32.0 Å². The average molecular weight is 432 g/mol. The molecule has 1 aliphatic heterocycles. The van der Waals surface area contributed by atoms with Gasteiger partial charge in [0.25, 0.3) is 5.56 Å². The molecule has 1 unspecified atom stereocenters. The van der Waals surface area contributed by atoms with Crippen molar-refractivity contribution >= 4 is 11.2 Å². The number of fused-ring (bicyclic) bond motifs is 1. The predicted octanol–water partition coefficient (Wildman–Crippen LogP) is 2.79. The molecule has 0 bridgehead atoms. The molecule has 0 aliphatic carbocycles. The zero-order valence-corrected chi connectivity index (χ0v) is 17.8. The van der Waals surface area contributed by atoms with Gasteiger partial charge in [0.15, 0.2) is 11.2 Å². The molecule has 0 saturated carbocycles. The number of methoxy groups -OCH3 is 1. The molecule has 8 heteroatoms. The van der Waals surface area contributed by atoms with Gasteiger partial charge in [-0.2, -0.15) is 0 Å². The number of aromatic nitrogens is 4. The summed E-state index contributed by atoms with van der Waals surface area (Å²) in [4.78, 5) is 33.0. The van der Waals surface area contributed by atoms with Crippen molar-refractivity contribution in [2.24, 2.45) is 0 Å². The SMILES string of the molecule is COc1ccc(-c2nc3c(c(=O)[nH]c(=O)n3Cc3ccccc3)n2CC2CCCO2)cc1. The molecule has 0 radical (unpaired) electrons. The number of nitrogens with zero attached hydrogens (tertiary/aromatic N) is 3. The Kier molecular flexibility index (Phi) is 5.36. The fraction of sp³-hybridized carbons (Fsp3) is 0.292. The molecular weight excluding hydrogens is 408 g/mol. The highest BCUT2D eigenvalue weighted by atomic mass is 16.5. The van der Waals surface area contributed by atoms with Gasteiger partial charge >= 0.3 is 5.69 Å². The quantitative estimate of drug-likeness (QED) is 0.506. The third-order valence-electron chi connectivity index (χ3n) is 5.83. The van der Waals surface area contributed by atoms with Gasteiger partial charge in [0.1, 0.15) is 11.6 Å². The highest BCUT2D eigenvalue weighted by Gasteiger charge is 2.24. The molecule has 0 spiro atoms. The third kappa shape index (κ3) is 3.73. The first-order valence-electron chi connectivity index (χ1n) is 10.7. The Bertz CT molecular complexity index is 1350. The summed E-state index contributed by atoms with van der Waals surface area (Å²) in [7, 11) is 1.61. The van der Waals surface area contributed by atoms with E-state index in [2.05, 4.69) is 4.98 Å². The number of imidazole rings is 1. The zero-order valence-electron chi connectivity index (χ0n) is 17.8. The first kappa shape index (κ1) is 20.3. The minimum atomic E-state index is -0.477. The summed E-state index contributed by atoms with van der Waals surface area (Å²) in [5.74, 6) is 1.35. The first-order valence-corrected chi connectivity index (χ1v) is 10.7. The maximum atomic E-state index is 13.0. The van der Waals surface area contributed by atoms with Gasteiger partial charge in [0.2, 0.25) is 0 Å². The van der Waals surface area contributed by atoms with E-state index in [1.54, 1.807) is 7.11 Å². The lowest BCUT2D eigenvalue weighted by Gasteiger charge is -2.14. The molecule has 2 aromatic carbocycles. The van der Waals surface area contributed by atoms with E-state index < -0.39 is 11.2 Å². The summed E-state index contributed by atoms with van der Waals surface area (Å²) in [5.41, 5.74) is 1.60. The highest BCUT2D eigenvalue weighted by Crippen LogP contribution is 2.27. The second-order valence-electron chi connectivity index (χ2n) is 7.91. The molecule has 8 nitrogen and oxygen atoms in total. The molecule has 4 aromatic rings. The van der Waals surface area contributed by atoms with E-state index in [0.29, 0.717) is 36.7 Å². The van der Waals surface area contributed by atoms with Crippen molar-refractivity contribution in [1.82, 2.24) is 19.1 Å². The fourth-order valence-corrected chi connectivity index (χ4v) is 4.22. The maximum Gasteiger partial charge on any atom is 0.330 e. The Balaban J connectivity index is 1.71. The van der Waals surface area contributed by atoms with Gasteiger partial charge in [-0.05, 0) is 42.7 Å². The average Bonchev–Trinajstić information content (AvgIpc) is 3.46. The van der Waals surface area contributed by atoms with Crippen LogP contribution in [-0.2, 0) is 17.8 Å². The number of hydrogen-bond acceptors (Lipinski definition) is 5. The number of ether oxygens (including phenoxy) is 2. The summed E-state index contributed by atoms with van der Waals surface area (Å²) >= 11 is 0. The Hall–Kier alpha value is -3.65. The number of H-pyrrole nitrogens is 1. The molecule has 3 heterocycles. The molecule has 5 rings (SSSR count). The number of nitrogens with one attached hydrogen (secondary N) is 1. The van der Waals surface area contributed by atoms with Crippen LogP contribution in [-0.4, -0.2) is 38.9 Å². The molecule has 1 fully saturated rings. The van der Waals surface area contributed by atoms with E-state index >= 15 is 0 Å². The summed E-state index contributed by atoms with van der Waals surface area (Å²) in [6, 6.07) is 17.2. The predicted molar refractivity (Wildman–Crippen MR) is 121 cm³/mol. The lowest BCUT2D eigenvalue weighted by Crippen LogP contribution is -2.32. The molecule has 32 heavy (non-hydrogen) atoms. The van der Waals surface area contributed by atoms with E-state index in [1.165, 1.54) is 4.57 Å². The normalized spacial score (nSPS) is 16.0. The largest absolute Gasteiger partial charge is 0.497 e. The molecule has 1 aliphatic rings. The summed E-state index contributed by atoms with van der Waals surface area (Å²) < 4.78 is 14.5. The fourth-order valence-electron chi connectivity index (χ4n) is 4.22. The van der Waals surface area contributed by atoms with Gasteiger partial charge in [0.05, 0.1) is 26.3 Å². The lowest BCUT2D eigenvalue weighted by atomic mass is 10.2. The van der Waals surface area contributed by atoms with Crippen LogP contribution < -0.4 is 16.0 Å². The van der Waals surface area contributed by atoms with Crippen molar-refractivity contribution in [1.29, 1.82) is 0 Å². The second-order valence-corrected chi connectivity index (χ2v) is 7.91. The molecule has 164 valence electrons. The minimum Gasteiger partial charge on any atom is -0.497 e. The van der Waals surface area contributed by atoms with Gasteiger partial charge in [-0.15, -0.1) is 0 Å². The molecule has 2 aromatic heterocycles. The summed E-state index contributed by atoms with van der Waals surface area (Å²) in [6.45, 7) is 1.51. The molecule has 1 atom stereocenters. The number of benzene rings is 2. The van der Waals surface area contributed by atoms with Crippen LogP contribution in [0.3, 0.4) is 0 Å². The van der Waals surface area contributed by atoms with Crippen molar-refractivity contribution in [2.75, 3.05) is 13.7 Å². The lowest BCUT2D eigenvalue weighted by molar-refractivity contribution is 0.0982. The van der Waals surface area contributed by atoms with Gasteiger partial charge in [-0.1, -0.05) is 30.3 Å². The summed E-state index contributed by atoms with van der Waals surface area (Å²) in [5, 5.41) is 0.